The summed E-state index contributed by atoms with van der Waals surface area (Å²) in [7, 11) is 0. The molecule has 0 aliphatic carbocycles. The molecule has 6 heteroatoms. The van der Waals surface area contributed by atoms with Crippen molar-refractivity contribution in [1.29, 1.82) is 0 Å². The minimum absolute atomic E-state index is 0.274. The van der Waals surface area contributed by atoms with E-state index in [1.807, 2.05) is 27.7 Å². The van der Waals surface area contributed by atoms with Gasteiger partial charge < -0.3 is 20.1 Å². The van der Waals surface area contributed by atoms with Gasteiger partial charge >= 0.3 is 11.9 Å². The van der Waals surface area contributed by atoms with Crippen LogP contribution in [0.2, 0.25) is 0 Å². The Labute approximate surface area is 145 Å². The van der Waals surface area contributed by atoms with Gasteiger partial charge in [-0.3, -0.25) is 0 Å². The SMILES string of the molecule is CCOC(=O)C(CC)=C(C)NCCNC(C)=C(CC)C(=O)OCC. The van der Waals surface area contributed by atoms with Gasteiger partial charge in [-0.2, -0.15) is 0 Å². The second kappa shape index (κ2) is 12.4. The van der Waals surface area contributed by atoms with E-state index in [1.54, 1.807) is 13.8 Å². The number of carbonyl (C=O) groups excluding carboxylic acids is 2. The summed E-state index contributed by atoms with van der Waals surface area (Å²) in [6, 6.07) is 0. The molecule has 24 heavy (non-hydrogen) atoms. The van der Waals surface area contributed by atoms with Crippen molar-refractivity contribution in [1.82, 2.24) is 10.6 Å². The monoisotopic (exact) mass is 340 g/mol. The Morgan fingerprint density at radius 2 is 1.04 bits per heavy atom. The van der Waals surface area contributed by atoms with E-state index < -0.39 is 0 Å². The summed E-state index contributed by atoms with van der Waals surface area (Å²) in [5, 5.41) is 6.43. The van der Waals surface area contributed by atoms with Gasteiger partial charge in [0.05, 0.1) is 24.4 Å². The number of allylic oxidation sites excluding steroid dienone is 2. The minimum Gasteiger partial charge on any atom is -0.463 e. The number of esters is 2. The smallest absolute Gasteiger partial charge is 0.335 e. The van der Waals surface area contributed by atoms with Crippen molar-refractivity contribution in [3.05, 3.63) is 22.5 Å². The average Bonchev–Trinajstić information content (AvgIpc) is 2.53. The molecule has 0 aromatic rings. The van der Waals surface area contributed by atoms with Crippen molar-refractivity contribution >= 4 is 11.9 Å². The summed E-state index contributed by atoms with van der Waals surface area (Å²) in [5.41, 5.74) is 2.95. The predicted octanol–water partition coefficient (Wildman–Crippen LogP) is 2.66. The highest BCUT2D eigenvalue weighted by Crippen LogP contribution is 2.09. The number of ether oxygens (including phenoxy) is 2. The summed E-state index contributed by atoms with van der Waals surface area (Å²) in [4.78, 5) is 23.7. The largest absolute Gasteiger partial charge is 0.463 e. The first-order valence-electron chi connectivity index (χ1n) is 8.64. The van der Waals surface area contributed by atoms with Gasteiger partial charge in [-0.05, 0) is 40.5 Å². The second-order valence-electron chi connectivity index (χ2n) is 5.21. The van der Waals surface area contributed by atoms with Gasteiger partial charge in [-0.1, -0.05) is 13.8 Å². The fourth-order valence-corrected chi connectivity index (χ4v) is 2.27. The molecule has 0 aromatic heterocycles. The third-order valence-corrected chi connectivity index (χ3v) is 3.56. The summed E-state index contributed by atoms with van der Waals surface area (Å²) >= 11 is 0. The lowest BCUT2D eigenvalue weighted by Gasteiger charge is -2.15. The summed E-state index contributed by atoms with van der Waals surface area (Å²) in [6.45, 7) is 13.2. The standard InChI is InChI=1S/C18H32N2O4/c1-7-15(17(21)23-9-3)13(5)19-11-12-20-14(6)16(8-2)18(22)24-10-4/h19-20H,7-12H2,1-6H3. The van der Waals surface area contributed by atoms with E-state index >= 15 is 0 Å². The Hall–Kier alpha value is -1.98. The first-order chi connectivity index (χ1) is 11.4. The van der Waals surface area contributed by atoms with Crippen LogP contribution in [0, 0.1) is 0 Å². The van der Waals surface area contributed by atoms with Gasteiger partial charge in [0.1, 0.15) is 0 Å². The van der Waals surface area contributed by atoms with Crippen LogP contribution in [0.25, 0.3) is 0 Å². The van der Waals surface area contributed by atoms with Gasteiger partial charge in [0.2, 0.25) is 0 Å². The zero-order valence-corrected chi connectivity index (χ0v) is 15.9. The van der Waals surface area contributed by atoms with Crippen LogP contribution in [0.3, 0.4) is 0 Å². The molecule has 6 nitrogen and oxygen atoms in total. The Kier molecular flexibility index (Phi) is 11.4. The molecule has 0 heterocycles. The Balaban J connectivity index is 4.60. The summed E-state index contributed by atoms with van der Waals surface area (Å²) in [5.74, 6) is -0.547. The van der Waals surface area contributed by atoms with Crippen LogP contribution in [0.5, 0.6) is 0 Å². The molecule has 0 aliphatic heterocycles. The number of hydrogen-bond acceptors (Lipinski definition) is 6. The van der Waals surface area contributed by atoms with Crippen molar-refractivity contribution in [2.24, 2.45) is 0 Å². The predicted molar refractivity (Wildman–Crippen MR) is 95.3 cm³/mol. The first-order valence-corrected chi connectivity index (χ1v) is 8.64. The Morgan fingerprint density at radius 3 is 1.29 bits per heavy atom. The highest BCUT2D eigenvalue weighted by molar-refractivity contribution is 5.89. The maximum atomic E-state index is 11.8. The van der Waals surface area contributed by atoms with Crippen LogP contribution in [-0.4, -0.2) is 38.2 Å². The molecule has 0 rings (SSSR count). The normalized spacial score (nSPS) is 12.8. The molecule has 2 N–H and O–H groups in total. The van der Waals surface area contributed by atoms with E-state index in [1.165, 1.54) is 0 Å². The van der Waals surface area contributed by atoms with Crippen molar-refractivity contribution < 1.29 is 19.1 Å². The van der Waals surface area contributed by atoms with E-state index in [9.17, 15) is 9.59 Å². The molecule has 138 valence electrons. The highest BCUT2D eigenvalue weighted by Gasteiger charge is 2.13. The number of nitrogens with one attached hydrogen (secondary N) is 2. The van der Waals surface area contributed by atoms with Crippen LogP contribution in [-0.2, 0) is 19.1 Å². The minimum atomic E-state index is -0.274. The molecule has 0 radical (unpaired) electrons. The molecule has 0 unspecified atom stereocenters. The van der Waals surface area contributed by atoms with Crippen molar-refractivity contribution in [2.45, 2.75) is 54.4 Å². The van der Waals surface area contributed by atoms with Crippen molar-refractivity contribution in [2.75, 3.05) is 26.3 Å². The number of carbonyl (C=O) groups is 2. The van der Waals surface area contributed by atoms with Crippen LogP contribution in [0.1, 0.15) is 54.4 Å². The van der Waals surface area contributed by atoms with Gasteiger partial charge in [-0.25, -0.2) is 9.59 Å². The Bertz CT molecular complexity index is 437. The lowest BCUT2D eigenvalue weighted by atomic mass is 10.1. The van der Waals surface area contributed by atoms with Gasteiger partial charge in [0, 0.05) is 24.5 Å². The number of rotatable bonds is 11. The quantitative estimate of drug-likeness (QED) is 0.342. The molecule has 0 amide bonds. The van der Waals surface area contributed by atoms with Crippen LogP contribution in [0.15, 0.2) is 22.5 Å². The topological polar surface area (TPSA) is 76.7 Å². The van der Waals surface area contributed by atoms with Gasteiger partial charge in [0.25, 0.3) is 0 Å². The molecule has 0 bridgehead atoms. The fourth-order valence-electron chi connectivity index (χ4n) is 2.27. The fraction of sp³-hybridized carbons (Fsp3) is 0.667. The van der Waals surface area contributed by atoms with Crippen LogP contribution < -0.4 is 10.6 Å². The van der Waals surface area contributed by atoms with E-state index in [0.717, 1.165) is 11.4 Å². The first kappa shape index (κ1) is 22.0. The molecule has 0 saturated carbocycles. The average molecular weight is 340 g/mol. The summed E-state index contributed by atoms with van der Waals surface area (Å²) in [6.07, 6.45) is 1.24. The molecular formula is C18H32N2O4. The molecule has 0 spiro atoms. The van der Waals surface area contributed by atoms with Crippen molar-refractivity contribution in [3.8, 4) is 0 Å². The van der Waals surface area contributed by atoms with Gasteiger partial charge in [0.15, 0.2) is 0 Å². The molecular weight excluding hydrogens is 308 g/mol. The van der Waals surface area contributed by atoms with E-state index in [0.29, 0.717) is 50.3 Å². The highest BCUT2D eigenvalue weighted by atomic mass is 16.5. The summed E-state index contributed by atoms with van der Waals surface area (Å²) < 4.78 is 10.1. The maximum Gasteiger partial charge on any atom is 0.335 e. The molecule has 0 saturated heterocycles. The third kappa shape index (κ3) is 7.53. The Morgan fingerprint density at radius 1 is 0.708 bits per heavy atom. The zero-order chi connectivity index (χ0) is 18.5. The molecule has 0 fully saturated rings. The van der Waals surface area contributed by atoms with E-state index in [-0.39, 0.29) is 11.9 Å². The van der Waals surface area contributed by atoms with E-state index in [2.05, 4.69) is 10.6 Å². The van der Waals surface area contributed by atoms with Crippen LogP contribution >= 0.6 is 0 Å². The van der Waals surface area contributed by atoms with Crippen LogP contribution in [0.4, 0.5) is 0 Å². The zero-order valence-electron chi connectivity index (χ0n) is 15.9. The maximum absolute atomic E-state index is 11.8. The second-order valence-corrected chi connectivity index (χ2v) is 5.21. The number of hydrogen-bond donors (Lipinski definition) is 2. The molecule has 0 atom stereocenters. The third-order valence-electron chi connectivity index (χ3n) is 3.56. The lowest BCUT2D eigenvalue weighted by molar-refractivity contribution is -0.139. The van der Waals surface area contributed by atoms with Gasteiger partial charge in [-0.15, -0.1) is 0 Å². The van der Waals surface area contributed by atoms with E-state index in [4.69, 9.17) is 9.47 Å². The lowest BCUT2D eigenvalue weighted by Crippen LogP contribution is -2.28. The molecule has 0 aliphatic rings. The molecule has 0 aromatic carbocycles. The van der Waals surface area contributed by atoms with Crippen molar-refractivity contribution in [3.63, 3.8) is 0 Å².